The number of pyridine rings is 1. The number of ether oxygens (including phenoxy) is 1. The van der Waals surface area contributed by atoms with Crippen LogP contribution in [0.15, 0.2) is 29.6 Å². The number of fused-ring (bicyclic) bond motifs is 1. The van der Waals surface area contributed by atoms with Gasteiger partial charge in [-0.05, 0) is 46.6 Å². The van der Waals surface area contributed by atoms with E-state index in [9.17, 15) is 13.2 Å². The molecular weight excluding hydrogens is 596 g/mol. The van der Waals surface area contributed by atoms with Crippen LogP contribution in [0.3, 0.4) is 0 Å². The molecule has 0 saturated carbocycles. The van der Waals surface area contributed by atoms with Crippen LogP contribution in [-0.4, -0.2) is 105 Å². The van der Waals surface area contributed by atoms with Crippen molar-refractivity contribution >= 4 is 38.8 Å². The highest BCUT2D eigenvalue weighted by atomic mass is 32.2. The van der Waals surface area contributed by atoms with Gasteiger partial charge in [-0.15, -0.1) is 0 Å². The van der Waals surface area contributed by atoms with Crippen LogP contribution in [0, 0.1) is 12.3 Å². The van der Waals surface area contributed by atoms with E-state index in [4.69, 9.17) is 9.72 Å². The average Bonchev–Trinajstić information content (AvgIpc) is 3.47. The van der Waals surface area contributed by atoms with Crippen molar-refractivity contribution < 1.29 is 26.7 Å². The Morgan fingerprint density at radius 1 is 1.09 bits per heavy atom. The number of carbonyl (C=O) groups excluding carboxylic acids is 1. The van der Waals surface area contributed by atoms with Gasteiger partial charge < -0.3 is 19.9 Å². The Morgan fingerprint density at radius 2 is 1.80 bits per heavy atom. The number of aromatic nitrogens is 5. The minimum Gasteiger partial charge on any atom is -0.444 e. The number of alkyl halides is 2. The van der Waals surface area contributed by atoms with Gasteiger partial charge >= 0.3 is 6.09 Å². The lowest BCUT2D eigenvalue weighted by molar-refractivity contribution is -0.151. The molecular formula is C28H37F2N9O4S. The maximum absolute atomic E-state index is 15.5. The normalized spacial score (nSPS) is 20.7. The van der Waals surface area contributed by atoms with Gasteiger partial charge in [0, 0.05) is 69.3 Å². The van der Waals surface area contributed by atoms with Gasteiger partial charge in [0.05, 0.1) is 18.2 Å². The maximum Gasteiger partial charge on any atom is 0.410 e. The summed E-state index contributed by atoms with van der Waals surface area (Å²) in [5, 5.41) is 7.94. The highest BCUT2D eigenvalue weighted by Crippen LogP contribution is 2.51. The van der Waals surface area contributed by atoms with Crippen molar-refractivity contribution in [2.45, 2.75) is 63.0 Å². The molecule has 3 aliphatic rings. The van der Waals surface area contributed by atoms with E-state index in [0.29, 0.717) is 54.3 Å². The summed E-state index contributed by atoms with van der Waals surface area (Å²) in [6.45, 7) is 6.91. The minimum atomic E-state index is -3.63. The van der Waals surface area contributed by atoms with Crippen LogP contribution in [0.25, 0.3) is 10.9 Å². The Bertz CT molecular complexity index is 1690. The Morgan fingerprint density at radius 3 is 2.43 bits per heavy atom. The number of hydrogen-bond donors (Lipinski definition) is 1. The van der Waals surface area contributed by atoms with Crippen molar-refractivity contribution in [3.8, 4) is 0 Å². The highest BCUT2D eigenvalue weighted by molar-refractivity contribution is 7.89. The smallest absolute Gasteiger partial charge is 0.410 e. The molecule has 3 saturated heterocycles. The van der Waals surface area contributed by atoms with Gasteiger partial charge in [0.1, 0.15) is 16.0 Å². The third-order valence-corrected chi connectivity index (χ3v) is 10.2. The van der Waals surface area contributed by atoms with Gasteiger partial charge in [-0.25, -0.2) is 36.9 Å². The van der Waals surface area contributed by atoms with E-state index in [1.165, 1.54) is 26.3 Å². The number of sulfonamides is 1. The third kappa shape index (κ3) is 5.53. The van der Waals surface area contributed by atoms with Crippen molar-refractivity contribution in [1.29, 1.82) is 0 Å². The third-order valence-electron chi connectivity index (χ3n) is 8.38. The fraction of sp³-hybridized carbons (Fsp3) is 0.607. The van der Waals surface area contributed by atoms with E-state index in [1.54, 1.807) is 45.8 Å². The Labute approximate surface area is 254 Å². The molecule has 6 heterocycles. The molecule has 3 aromatic heterocycles. The summed E-state index contributed by atoms with van der Waals surface area (Å²) in [5.74, 6) is -2.39. The van der Waals surface area contributed by atoms with Gasteiger partial charge in [-0.3, -0.25) is 4.68 Å². The molecule has 0 radical (unpaired) electrons. The van der Waals surface area contributed by atoms with E-state index < -0.39 is 39.6 Å². The largest absolute Gasteiger partial charge is 0.444 e. The van der Waals surface area contributed by atoms with Crippen molar-refractivity contribution in [2.75, 3.05) is 49.5 Å². The summed E-state index contributed by atoms with van der Waals surface area (Å²) in [5.41, 5.74) is -1.03. The van der Waals surface area contributed by atoms with Gasteiger partial charge in [0.2, 0.25) is 16.0 Å². The highest BCUT2D eigenvalue weighted by Gasteiger charge is 2.67. The van der Waals surface area contributed by atoms with Gasteiger partial charge in [-0.1, -0.05) is 0 Å². The molecule has 3 aromatic rings. The molecule has 0 aromatic carbocycles. The van der Waals surface area contributed by atoms with Crippen molar-refractivity contribution in [3.05, 3.63) is 30.4 Å². The molecule has 0 unspecified atom stereocenters. The number of halogens is 2. The first-order chi connectivity index (χ1) is 20.6. The molecule has 238 valence electrons. The monoisotopic (exact) mass is 633 g/mol. The van der Waals surface area contributed by atoms with E-state index in [-0.39, 0.29) is 30.6 Å². The molecule has 13 nitrogen and oxygen atoms in total. The van der Waals surface area contributed by atoms with E-state index in [2.05, 4.69) is 20.4 Å². The summed E-state index contributed by atoms with van der Waals surface area (Å²) >= 11 is 0. The summed E-state index contributed by atoms with van der Waals surface area (Å²) in [6.07, 6.45) is 4.94. The van der Waals surface area contributed by atoms with E-state index in [1.807, 2.05) is 6.07 Å². The first kappa shape index (κ1) is 30.4. The first-order valence-corrected chi connectivity index (χ1v) is 16.0. The van der Waals surface area contributed by atoms with Gasteiger partial charge in [0.25, 0.3) is 5.92 Å². The van der Waals surface area contributed by atoms with Crippen molar-refractivity contribution in [3.63, 3.8) is 0 Å². The summed E-state index contributed by atoms with van der Waals surface area (Å²) in [7, 11) is -1.96. The summed E-state index contributed by atoms with van der Waals surface area (Å²) < 4.78 is 65.3. The van der Waals surface area contributed by atoms with Gasteiger partial charge in [0.15, 0.2) is 5.82 Å². The van der Waals surface area contributed by atoms with Crippen molar-refractivity contribution in [2.24, 2.45) is 12.5 Å². The van der Waals surface area contributed by atoms with Crippen LogP contribution in [0.1, 0.15) is 39.3 Å². The standard InChI is InChI=1S/C28H37F2N9O4S/c1-18-10-19-11-31-24(34-20-6-8-39(9-7-20)44(41,42)21-12-32-36(5)13-21)35-22(19)23(33-18)37-14-27(28(29,30)17-37)15-38(16-27)25(40)43-26(2,3)4/h10-13,20H,6-9,14-17H2,1-5H3,(H,31,34,35). The van der Waals surface area contributed by atoms with Crippen molar-refractivity contribution in [1.82, 2.24) is 33.9 Å². The second-order valence-corrected chi connectivity index (χ2v) is 15.0. The average molecular weight is 634 g/mol. The Hall–Kier alpha value is -3.66. The van der Waals surface area contributed by atoms with Gasteiger partial charge in [-0.2, -0.15) is 9.40 Å². The zero-order chi connectivity index (χ0) is 31.7. The molecule has 0 atom stereocenters. The minimum absolute atomic E-state index is 0.0154. The number of nitrogens with one attached hydrogen (secondary N) is 1. The number of piperidine rings is 1. The molecule has 44 heavy (non-hydrogen) atoms. The fourth-order valence-corrected chi connectivity index (χ4v) is 7.57. The number of likely N-dealkylation sites (tertiary alicyclic amines) is 1. The summed E-state index contributed by atoms with van der Waals surface area (Å²) in [4.78, 5) is 29.3. The van der Waals surface area contributed by atoms with Crippen LogP contribution in [-0.2, 0) is 21.8 Å². The lowest BCUT2D eigenvalue weighted by Crippen LogP contribution is -2.66. The maximum atomic E-state index is 15.5. The lowest BCUT2D eigenvalue weighted by atomic mass is 9.76. The van der Waals surface area contributed by atoms with E-state index >= 15 is 8.78 Å². The van der Waals surface area contributed by atoms with Crippen LogP contribution in [0.4, 0.5) is 25.3 Å². The Balaban J connectivity index is 1.17. The first-order valence-electron chi connectivity index (χ1n) is 14.6. The lowest BCUT2D eigenvalue weighted by Gasteiger charge is -2.49. The molecule has 0 bridgehead atoms. The number of hydrogen-bond acceptors (Lipinski definition) is 10. The topological polar surface area (TPSA) is 139 Å². The quantitative estimate of drug-likeness (QED) is 0.446. The second-order valence-electron chi connectivity index (χ2n) is 13.1. The molecule has 1 N–H and O–H groups in total. The van der Waals surface area contributed by atoms with Crippen LogP contribution in [0.5, 0.6) is 0 Å². The molecule has 3 aliphatic heterocycles. The van der Waals surface area contributed by atoms with Crippen LogP contribution >= 0.6 is 0 Å². The second kappa shape index (κ2) is 10.5. The SMILES string of the molecule is Cc1cc2cnc(NC3CCN(S(=O)(=O)c4cnn(C)c4)CC3)nc2c(N2CC(F)(F)C3(CN(C(=O)OC(C)(C)C)C3)C2)n1. The number of amides is 1. The molecule has 1 amide bonds. The number of aryl methyl sites for hydroxylation is 2. The molecule has 1 spiro atoms. The predicted molar refractivity (Wildman–Crippen MR) is 158 cm³/mol. The number of carbonyl (C=O) groups is 1. The number of rotatable bonds is 5. The molecule has 16 heteroatoms. The fourth-order valence-electron chi connectivity index (χ4n) is 6.11. The van der Waals surface area contributed by atoms with E-state index in [0.717, 1.165) is 0 Å². The Kier molecular flexibility index (Phi) is 7.22. The number of anilines is 2. The summed E-state index contributed by atoms with van der Waals surface area (Å²) in [6, 6.07) is 1.73. The molecule has 0 aliphatic carbocycles. The molecule has 3 fully saturated rings. The van der Waals surface area contributed by atoms with Crippen LogP contribution < -0.4 is 10.2 Å². The zero-order valence-corrected chi connectivity index (χ0v) is 26.2. The molecule has 6 rings (SSSR count). The zero-order valence-electron chi connectivity index (χ0n) is 25.4. The number of nitrogens with zero attached hydrogens (tertiary/aromatic N) is 8. The van der Waals surface area contributed by atoms with Crippen LogP contribution in [0.2, 0.25) is 0 Å². The predicted octanol–water partition coefficient (Wildman–Crippen LogP) is 3.02.